The Hall–Kier alpha value is -0.910. The Kier molecular flexibility index (Phi) is 2.54. The molecular formula is C8H8Cl2N4S. The molecule has 0 bridgehead atoms. The minimum absolute atomic E-state index is 0.132. The van der Waals surface area contributed by atoms with E-state index in [2.05, 4.69) is 9.97 Å². The summed E-state index contributed by atoms with van der Waals surface area (Å²) in [5, 5.41) is 1.74. The van der Waals surface area contributed by atoms with Crippen LogP contribution >= 0.6 is 29.8 Å². The van der Waals surface area contributed by atoms with Gasteiger partial charge in [-0.15, -0.1) is 0 Å². The molecule has 0 aliphatic carbocycles. The van der Waals surface area contributed by atoms with E-state index in [4.69, 9.17) is 32.8 Å². The second kappa shape index (κ2) is 3.59. The van der Waals surface area contributed by atoms with Crippen molar-refractivity contribution in [3.8, 4) is 0 Å². The molecule has 2 heterocycles. The van der Waals surface area contributed by atoms with Crippen molar-refractivity contribution in [3.63, 3.8) is 0 Å². The van der Waals surface area contributed by atoms with Crippen LogP contribution in [-0.2, 0) is 0 Å². The molecule has 0 unspecified atom stereocenters. The molecular weight excluding hydrogens is 255 g/mol. The second-order valence-corrected chi connectivity index (χ2v) is 8.02. The lowest BCUT2D eigenvalue weighted by molar-refractivity contribution is 1.18. The SMILES string of the molecule is Nc1ncc(C2=CC=CS2(Cl)Cl)c(N)n1. The molecule has 1 aliphatic rings. The van der Waals surface area contributed by atoms with Gasteiger partial charge in [-0.3, -0.25) is 0 Å². The van der Waals surface area contributed by atoms with Gasteiger partial charge in [0.05, 0.1) is 0 Å². The summed E-state index contributed by atoms with van der Waals surface area (Å²) in [4.78, 5) is 8.46. The first kappa shape index (κ1) is 10.6. The van der Waals surface area contributed by atoms with Crippen LogP contribution in [0.2, 0.25) is 0 Å². The third-order valence-corrected chi connectivity index (χ3v) is 4.95. The Morgan fingerprint density at radius 1 is 1.27 bits per heavy atom. The summed E-state index contributed by atoms with van der Waals surface area (Å²) < 4.78 is 0. The number of nitrogens with two attached hydrogens (primary N) is 2. The fourth-order valence-corrected chi connectivity index (χ4v) is 3.52. The molecule has 0 amide bonds. The minimum Gasteiger partial charge on any atom is -0.383 e. The average molecular weight is 263 g/mol. The normalized spacial score (nSPS) is 20.0. The number of nitrogen functional groups attached to an aromatic ring is 2. The number of hydrogen-bond acceptors (Lipinski definition) is 4. The van der Waals surface area contributed by atoms with Crippen molar-refractivity contribution >= 4 is 46.5 Å². The van der Waals surface area contributed by atoms with E-state index in [0.717, 1.165) is 4.91 Å². The third-order valence-electron chi connectivity index (χ3n) is 1.89. The summed E-state index contributed by atoms with van der Waals surface area (Å²) >= 11 is 0. The summed E-state index contributed by atoms with van der Waals surface area (Å²) in [6.45, 7) is 0. The first-order valence-electron chi connectivity index (χ1n) is 4.00. The molecule has 15 heavy (non-hydrogen) atoms. The van der Waals surface area contributed by atoms with Gasteiger partial charge < -0.3 is 11.5 Å². The van der Waals surface area contributed by atoms with E-state index < -0.39 is 8.46 Å². The lowest BCUT2D eigenvalue weighted by atomic mass is 10.3. The van der Waals surface area contributed by atoms with Crippen LogP contribution in [0.3, 0.4) is 0 Å². The number of hydrogen-bond donors (Lipinski definition) is 2. The molecule has 0 aromatic carbocycles. The average Bonchev–Trinajstić information content (AvgIpc) is 2.46. The van der Waals surface area contributed by atoms with Crippen molar-refractivity contribution in [1.29, 1.82) is 0 Å². The summed E-state index contributed by atoms with van der Waals surface area (Å²) in [5.41, 5.74) is 11.7. The Morgan fingerprint density at radius 2 is 2.00 bits per heavy atom. The van der Waals surface area contributed by atoms with Crippen LogP contribution in [0.1, 0.15) is 5.56 Å². The van der Waals surface area contributed by atoms with E-state index in [1.165, 1.54) is 6.20 Å². The molecule has 1 aliphatic heterocycles. The maximum Gasteiger partial charge on any atom is 0.221 e. The van der Waals surface area contributed by atoms with Crippen molar-refractivity contribution in [2.45, 2.75) is 0 Å². The highest BCUT2D eigenvalue weighted by atomic mass is 36.0. The highest BCUT2D eigenvalue weighted by Gasteiger charge is 2.27. The fraction of sp³-hybridized carbons (Fsp3) is 0. The molecule has 4 N–H and O–H groups in total. The van der Waals surface area contributed by atoms with E-state index in [-0.39, 0.29) is 11.8 Å². The molecule has 0 spiro atoms. The number of halogens is 2. The molecule has 1 aromatic rings. The van der Waals surface area contributed by atoms with Crippen molar-refractivity contribution in [1.82, 2.24) is 9.97 Å². The van der Waals surface area contributed by atoms with Gasteiger partial charge in [0, 0.05) is 16.7 Å². The van der Waals surface area contributed by atoms with Crippen LogP contribution in [0.15, 0.2) is 23.8 Å². The van der Waals surface area contributed by atoms with Gasteiger partial charge in [0.2, 0.25) is 5.95 Å². The van der Waals surface area contributed by atoms with Crippen molar-refractivity contribution in [2.75, 3.05) is 11.5 Å². The smallest absolute Gasteiger partial charge is 0.221 e. The van der Waals surface area contributed by atoms with Gasteiger partial charge in [0.15, 0.2) is 0 Å². The highest BCUT2D eigenvalue weighted by molar-refractivity contribution is 8.73. The Labute approximate surface area is 97.3 Å². The monoisotopic (exact) mass is 262 g/mol. The zero-order valence-corrected chi connectivity index (χ0v) is 9.85. The number of allylic oxidation sites excluding steroid dienone is 2. The zero-order valence-electron chi connectivity index (χ0n) is 7.52. The zero-order chi connectivity index (χ0) is 11.1. The molecule has 1 aromatic heterocycles. The molecule has 0 fully saturated rings. The third kappa shape index (κ3) is 1.90. The molecule has 0 radical (unpaired) electrons. The van der Waals surface area contributed by atoms with Gasteiger partial charge in [-0.05, 0) is 41.3 Å². The molecule has 4 nitrogen and oxygen atoms in total. The molecule has 0 atom stereocenters. The first-order chi connectivity index (χ1) is 7.00. The standard InChI is InChI=1S/C8H8Cl2N4S/c9-15(10)3-1-2-6(15)5-4-13-8(12)14-7(5)11/h1-4H,(H4,11,12,13,14). The van der Waals surface area contributed by atoms with Gasteiger partial charge in [0.1, 0.15) is 5.82 Å². The van der Waals surface area contributed by atoms with E-state index in [9.17, 15) is 0 Å². The molecule has 0 saturated heterocycles. The fourth-order valence-electron chi connectivity index (χ4n) is 1.22. The number of anilines is 2. The quantitative estimate of drug-likeness (QED) is 0.816. The van der Waals surface area contributed by atoms with Crippen LogP contribution in [0.5, 0.6) is 0 Å². The van der Waals surface area contributed by atoms with E-state index in [0.29, 0.717) is 5.56 Å². The first-order valence-corrected chi connectivity index (χ1v) is 7.35. The molecule has 80 valence electrons. The number of nitrogens with zero attached hydrogens (tertiary/aromatic N) is 2. The summed E-state index contributed by atoms with van der Waals surface area (Å²) in [5.74, 6) is 0.420. The summed E-state index contributed by atoms with van der Waals surface area (Å²) in [6.07, 6.45) is 5.13. The van der Waals surface area contributed by atoms with Crippen LogP contribution < -0.4 is 11.5 Å². The topological polar surface area (TPSA) is 77.8 Å². The lowest BCUT2D eigenvalue weighted by Gasteiger charge is -2.21. The van der Waals surface area contributed by atoms with Crippen molar-refractivity contribution in [3.05, 3.63) is 29.3 Å². The van der Waals surface area contributed by atoms with Gasteiger partial charge in [-0.25, -0.2) is 4.98 Å². The Morgan fingerprint density at radius 3 is 2.53 bits per heavy atom. The number of rotatable bonds is 1. The van der Waals surface area contributed by atoms with Crippen LogP contribution in [0, 0.1) is 0 Å². The predicted octanol–water partition coefficient (Wildman–Crippen LogP) is 2.62. The van der Waals surface area contributed by atoms with E-state index in [1.54, 1.807) is 17.6 Å². The van der Waals surface area contributed by atoms with Gasteiger partial charge in [0.25, 0.3) is 0 Å². The second-order valence-electron chi connectivity index (χ2n) is 2.90. The lowest BCUT2D eigenvalue weighted by Crippen LogP contribution is -2.03. The highest BCUT2D eigenvalue weighted by Crippen LogP contribution is 2.71. The van der Waals surface area contributed by atoms with Crippen molar-refractivity contribution in [2.24, 2.45) is 0 Å². The van der Waals surface area contributed by atoms with Crippen molar-refractivity contribution < 1.29 is 0 Å². The van der Waals surface area contributed by atoms with Gasteiger partial charge in [-0.1, -0.05) is 6.08 Å². The summed E-state index contributed by atoms with van der Waals surface area (Å²) in [7, 11) is 10.3. The molecule has 2 rings (SSSR count). The van der Waals surface area contributed by atoms with Crippen LogP contribution in [0.25, 0.3) is 4.91 Å². The maximum absolute atomic E-state index is 6.13. The molecule has 7 heteroatoms. The molecule has 0 saturated carbocycles. The predicted molar refractivity (Wildman–Crippen MR) is 67.3 cm³/mol. The van der Waals surface area contributed by atoms with Gasteiger partial charge >= 0.3 is 0 Å². The summed E-state index contributed by atoms with van der Waals surface area (Å²) in [6, 6.07) is 0. The van der Waals surface area contributed by atoms with E-state index in [1.807, 2.05) is 0 Å². The van der Waals surface area contributed by atoms with E-state index >= 15 is 0 Å². The van der Waals surface area contributed by atoms with Crippen LogP contribution in [-0.4, -0.2) is 9.97 Å². The largest absolute Gasteiger partial charge is 0.383 e. The van der Waals surface area contributed by atoms with Gasteiger partial charge in [-0.2, -0.15) is 4.98 Å². The Bertz CT molecular complexity index is 470. The van der Waals surface area contributed by atoms with Crippen LogP contribution in [0.4, 0.5) is 11.8 Å². The number of aromatic nitrogens is 2. The Balaban J connectivity index is 2.48. The maximum atomic E-state index is 6.13. The minimum atomic E-state index is -1.95.